The average molecular weight is 267 g/mol. The summed E-state index contributed by atoms with van der Waals surface area (Å²) < 4.78 is 0. The normalized spacial score (nSPS) is 15.7. The molecule has 1 aliphatic rings. The average Bonchev–Trinajstić information content (AvgIpc) is 2.75. The van der Waals surface area contributed by atoms with Gasteiger partial charge in [-0.1, -0.05) is 29.4 Å². The molecular formula is C16H13NO3. The van der Waals surface area contributed by atoms with Gasteiger partial charge in [-0.15, -0.1) is 0 Å². The number of Topliss-reactive ketones (excluding diaryl/α,β-unsaturated/α-hetero) is 1. The topological polar surface area (TPSA) is 69.9 Å². The van der Waals surface area contributed by atoms with Crippen molar-refractivity contribution in [3.05, 3.63) is 53.1 Å². The van der Waals surface area contributed by atoms with Crippen LogP contribution in [-0.2, 0) is 6.42 Å². The Morgan fingerprint density at radius 1 is 1.10 bits per heavy atom. The third-order valence-electron chi connectivity index (χ3n) is 3.61. The Kier molecular flexibility index (Phi) is 2.79. The summed E-state index contributed by atoms with van der Waals surface area (Å²) in [7, 11) is 0. The van der Waals surface area contributed by atoms with Gasteiger partial charge in [0.2, 0.25) is 5.78 Å². The number of rotatable bonds is 1. The molecule has 4 nitrogen and oxygen atoms in total. The molecule has 0 bridgehead atoms. The van der Waals surface area contributed by atoms with Crippen LogP contribution in [0, 0.1) is 6.92 Å². The van der Waals surface area contributed by atoms with E-state index < -0.39 is 0 Å². The van der Waals surface area contributed by atoms with Crippen molar-refractivity contribution in [1.29, 1.82) is 0 Å². The molecule has 2 aromatic rings. The first-order valence-corrected chi connectivity index (χ1v) is 6.28. The third-order valence-corrected chi connectivity index (χ3v) is 3.61. The second kappa shape index (κ2) is 4.49. The molecule has 1 aliphatic carbocycles. The maximum Gasteiger partial charge on any atom is 0.211 e. The highest BCUT2D eigenvalue weighted by molar-refractivity contribution is 6.49. The Labute approximate surface area is 116 Å². The summed E-state index contributed by atoms with van der Waals surface area (Å²) in [4.78, 5) is 11.9. The maximum absolute atomic E-state index is 11.9. The first-order chi connectivity index (χ1) is 9.60. The molecular weight excluding hydrogens is 254 g/mol. The maximum atomic E-state index is 11.9. The van der Waals surface area contributed by atoms with Gasteiger partial charge in [0.15, 0.2) is 0 Å². The largest absolute Gasteiger partial charge is 0.508 e. The first-order valence-electron chi connectivity index (χ1n) is 6.28. The van der Waals surface area contributed by atoms with E-state index in [1.54, 1.807) is 18.2 Å². The summed E-state index contributed by atoms with van der Waals surface area (Å²) in [6.45, 7) is 1.92. The molecule has 0 aliphatic heterocycles. The minimum absolute atomic E-state index is 0.180. The third kappa shape index (κ3) is 1.86. The van der Waals surface area contributed by atoms with Gasteiger partial charge in [-0.2, -0.15) is 0 Å². The van der Waals surface area contributed by atoms with Gasteiger partial charge in [0.25, 0.3) is 0 Å². The van der Waals surface area contributed by atoms with Crippen molar-refractivity contribution in [1.82, 2.24) is 0 Å². The predicted molar refractivity (Wildman–Crippen MR) is 75.5 cm³/mol. The molecule has 0 atom stereocenters. The number of carbonyl (C=O) groups is 1. The number of ketones is 1. The van der Waals surface area contributed by atoms with Crippen molar-refractivity contribution in [2.45, 2.75) is 13.3 Å². The lowest BCUT2D eigenvalue weighted by atomic mass is 9.97. The van der Waals surface area contributed by atoms with Crippen molar-refractivity contribution in [3.8, 4) is 16.9 Å². The fourth-order valence-electron chi connectivity index (χ4n) is 2.60. The smallest absolute Gasteiger partial charge is 0.211 e. The summed E-state index contributed by atoms with van der Waals surface area (Å²) in [6, 6.07) is 10.8. The number of oxime groups is 1. The molecule has 0 fully saturated rings. The van der Waals surface area contributed by atoms with E-state index >= 15 is 0 Å². The van der Waals surface area contributed by atoms with Gasteiger partial charge in [0, 0.05) is 12.0 Å². The van der Waals surface area contributed by atoms with Gasteiger partial charge in [-0.25, -0.2) is 0 Å². The number of aryl methyl sites for hydroxylation is 1. The highest BCUT2D eigenvalue weighted by Crippen LogP contribution is 2.30. The lowest BCUT2D eigenvalue weighted by molar-refractivity contribution is 0.106. The van der Waals surface area contributed by atoms with Crippen molar-refractivity contribution in [3.63, 3.8) is 0 Å². The van der Waals surface area contributed by atoms with Crippen LogP contribution in [0.1, 0.15) is 21.5 Å². The Bertz CT molecular complexity index is 747. The van der Waals surface area contributed by atoms with Crippen molar-refractivity contribution in [2.24, 2.45) is 5.16 Å². The quantitative estimate of drug-likeness (QED) is 0.616. The lowest BCUT2D eigenvalue weighted by Crippen LogP contribution is -2.06. The summed E-state index contributed by atoms with van der Waals surface area (Å²) >= 11 is 0. The number of nitrogens with zero attached hydrogens (tertiary/aromatic N) is 1. The fraction of sp³-hybridized carbons (Fsp3) is 0.125. The van der Waals surface area contributed by atoms with E-state index in [0.717, 1.165) is 22.3 Å². The number of hydrogen-bond donors (Lipinski definition) is 2. The van der Waals surface area contributed by atoms with Gasteiger partial charge in [-0.05, 0) is 41.3 Å². The van der Waals surface area contributed by atoms with Gasteiger partial charge in [-0.3, -0.25) is 4.79 Å². The van der Waals surface area contributed by atoms with E-state index in [1.807, 2.05) is 25.1 Å². The minimum Gasteiger partial charge on any atom is -0.508 e. The van der Waals surface area contributed by atoms with Gasteiger partial charge < -0.3 is 10.3 Å². The molecule has 20 heavy (non-hydrogen) atoms. The van der Waals surface area contributed by atoms with E-state index in [0.29, 0.717) is 12.0 Å². The van der Waals surface area contributed by atoms with Crippen LogP contribution in [0.25, 0.3) is 11.1 Å². The predicted octanol–water partition coefficient (Wildman–Crippen LogP) is 2.94. The molecule has 2 N–H and O–H groups in total. The molecule has 4 heteroatoms. The number of benzene rings is 2. The second-order valence-corrected chi connectivity index (χ2v) is 4.92. The van der Waals surface area contributed by atoms with Gasteiger partial charge >= 0.3 is 0 Å². The Balaban J connectivity index is 2.09. The highest BCUT2D eigenvalue weighted by Gasteiger charge is 2.27. The Hall–Kier alpha value is -2.62. The summed E-state index contributed by atoms with van der Waals surface area (Å²) in [5, 5.41) is 21.3. The van der Waals surface area contributed by atoms with E-state index in [1.165, 1.54) is 0 Å². The lowest BCUT2D eigenvalue weighted by Gasteiger charge is -2.08. The van der Waals surface area contributed by atoms with Crippen LogP contribution in [0.15, 0.2) is 41.6 Å². The molecule has 0 heterocycles. The van der Waals surface area contributed by atoms with Crippen LogP contribution in [0.4, 0.5) is 0 Å². The number of aromatic hydroxyl groups is 1. The number of carbonyl (C=O) groups excluding carboxylic acids is 1. The summed E-state index contributed by atoms with van der Waals surface area (Å²) in [6.07, 6.45) is 0.357. The van der Waals surface area contributed by atoms with E-state index in [4.69, 9.17) is 5.21 Å². The minimum atomic E-state index is -0.212. The monoisotopic (exact) mass is 267 g/mol. The molecule has 0 saturated heterocycles. The van der Waals surface area contributed by atoms with E-state index in [9.17, 15) is 9.90 Å². The second-order valence-electron chi connectivity index (χ2n) is 4.92. The zero-order valence-corrected chi connectivity index (χ0v) is 10.9. The number of phenolic OH excluding ortho intramolecular Hbond substituents is 1. The van der Waals surface area contributed by atoms with Gasteiger partial charge in [0.1, 0.15) is 11.5 Å². The SMILES string of the molecule is Cc1cc(O)ccc1-c1ccc2c(c1)C/C(=N/O)C2=O. The van der Waals surface area contributed by atoms with Crippen LogP contribution in [0.3, 0.4) is 0 Å². The first kappa shape index (κ1) is 12.4. The van der Waals surface area contributed by atoms with Gasteiger partial charge in [0.05, 0.1) is 0 Å². The van der Waals surface area contributed by atoms with Crippen LogP contribution < -0.4 is 0 Å². The zero-order chi connectivity index (χ0) is 14.3. The molecule has 0 spiro atoms. The molecule has 0 radical (unpaired) electrons. The van der Waals surface area contributed by atoms with E-state index in [2.05, 4.69) is 5.16 Å². The van der Waals surface area contributed by atoms with Crippen LogP contribution >= 0.6 is 0 Å². The van der Waals surface area contributed by atoms with E-state index in [-0.39, 0.29) is 17.2 Å². The van der Waals surface area contributed by atoms with Crippen molar-refractivity contribution >= 4 is 11.5 Å². The van der Waals surface area contributed by atoms with Crippen molar-refractivity contribution < 1.29 is 15.1 Å². The zero-order valence-electron chi connectivity index (χ0n) is 10.9. The molecule has 3 rings (SSSR count). The fourth-order valence-corrected chi connectivity index (χ4v) is 2.60. The molecule has 0 saturated carbocycles. The Morgan fingerprint density at radius 3 is 2.55 bits per heavy atom. The molecule has 0 aromatic heterocycles. The van der Waals surface area contributed by atoms with Crippen LogP contribution in [-0.4, -0.2) is 21.8 Å². The molecule has 2 aromatic carbocycles. The number of hydrogen-bond acceptors (Lipinski definition) is 4. The molecule has 0 amide bonds. The standard InChI is InChI=1S/C16H13NO3/c1-9-6-12(18)3-5-13(9)10-2-4-14-11(7-10)8-15(17-20)16(14)19/h2-7,18,20H,8H2,1H3/b17-15-. The molecule has 100 valence electrons. The summed E-state index contributed by atoms with van der Waals surface area (Å²) in [5.74, 6) is 0.0220. The van der Waals surface area contributed by atoms with Crippen molar-refractivity contribution in [2.75, 3.05) is 0 Å². The Morgan fingerprint density at radius 2 is 1.85 bits per heavy atom. The molecule has 0 unspecified atom stereocenters. The highest BCUT2D eigenvalue weighted by atomic mass is 16.4. The number of fused-ring (bicyclic) bond motifs is 1. The van der Waals surface area contributed by atoms with Crippen LogP contribution in [0.5, 0.6) is 5.75 Å². The number of phenols is 1. The van der Waals surface area contributed by atoms with Crippen LogP contribution in [0.2, 0.25) is 0 Å². The summed E-state index contributed by atoms with van der Waals surface area (Å²) in [5.41, 5.74) is 4.59.